The van der Waals surface area contributed by atoms with Gasteiger partial charge in [-0.15, -0.1) is 0 Å². The van der Waals surface area contributed by atoms with Crippen LogP contribution in [0.2, 0.25) is 15.1 Å². The molecule has 0 aliphatic rings. The molecule has 2 rings (SSSR count). The summed E-state index contributed by atoms with van der Waals surface area (Å²) in [6.07, 6.45) is 0.110. The molecule has 0 unspecified atom stereocenters. The van der Waals surface area contributed by atoms with Crippen LogP contribution in [0.25, 0.3) is 0 Å². The Morgan fingerprint density at radius 3 is 2.23 bits per heavy atom. The summed E-state index contributed by atoms with van der Waals surface area (Å²) in [5.41, 5.74) is 0.834. The SMILES string of the molecule is O=C(Cc1ccc(Cl)cc1)Nc1cc(C(=O)O)c(Cl)cc1Cl. The second kappa shape index (κ2) is 7.01. The van der Waals surface area contributed by atoms with Gasteiger partial charge in [0.15, 0.2) is 0 Å². The van der Waals surface area contributed by atoms with Crippen LogP contribution < -0.4 is 5.32 Å². The molecule has 114 valence electrons. The summed E-state index contributed by atoms with van der Waals surface area (Å²) in [5.74, 6) is -1.53. The van der Waals surface area contributed by atoms with Crippen LogP contribution in [0.1, 0.15) is 15.9 Å². The minimum Gasteiger partial charge on any atom is -0.478 e. The van der Waals surface area contributed by atoms with Gasteiger partial charge in [0.1, 0.15) is 0 Å². The summed E-state index contributed by atoms with van der Waals surface area (Å²) in [4.78, 5) is 23.0. The van der Waals surface area contributed by atoms with Crippen LogP contribution in [0, 0.1) is 0 Å². The third-order valence-corrected chi connectivity index (χ3v) is 3.72. The van der Waals surface area contributed by atoms with Crippen LogP contribution in [-0.2, 0) is 11.2 Å². The van der Waals surface area contributed by atoms with Crippen molar-refractivity contribution in [2.24, 2.45) is 0 Å². The number of hydrogen-bond acceptors (Lipinski definition) is 2. The minimum atomic E-state index is -1.20. The van der Waals surface area contributed by atoms with Crippen molar-refractivity contribution in [3.8, 4) is 0 Å². The smallest absolute Gasteiger partial charge is 0.337 e. The van der Waals surface area contributed by atoms with Gasteiger partial charge < -0.3 is 10.4 Å². The van der Waals surface area contributed by atoms with Crippen LogP contribution in [0.15, 0.2) is 36.4 Å². The third kappa shape index (κ3) is 4.13. The highest BCUT2D eigenvalue weighted by Gasteiger charge is 2.14. The van der Waals surface area contributed by atoms with E-state index < -0.39 is 5.97 Å². The van der Waals surface area contributed by atoms with Crippen molar-refractivity contribution >= 4 is 52.4 Å². The molecule has 2 aromatic rings. The van der Waals surface area contributed by atoms with Crippen molar-refractivity contribution in [3.63, 3.8) is 0 Å². The summed E-state index contributed by atoms with van der Waals surface area (Å²) in [7, 11) is 0. The highest BCUT2D eigenvalue weighted by Crippen LogP contribution is 2.29. The van der Waals surface area contributed by atoms with Crippen LogP contribution in [0.5, 0.6) is 0 Å². The lowest BCUT2D eigenvalue weighted by molar-refractivity contribution is -0.115. The number of carbonyl (C=O) groups excluding carboxylic acids is 1. The number of carboxylic acid groups (broad SMARTS) is 1. The van der Waals surface area contributed by atoms with E-state index in [4.69, 9.17) is 39.9 Å². The number of rotatable bonds is 4. The molecule has 2 aromatic carbocycles. The Morgan fingerprint density at radius 1 is 1.00 bits per heavy atom. The average Bonchev–Trinajstić information content (AvgIpc) is 2.44. The molecule has 0 saturated heterocycles. The molecular formula is C15H10Cl3NO3. The Labute approximate surface area is 141 Å². The molecule has 4 nitrogen and oxygen atoms in total. The first-order chi connectivity index (χ1) is 10.4. The standard InChI is InChI=1S/C15H10Cl3NO3/c16-9-3-1-8(2-4-9)5-14(20)19-13-6-10(15(21)22)11(17)7-12(13)18/h1-4,6-7H,5H2,(H,19,20)(H,21,22). The van der Waals surface area contributed by atoms with E-state index in [2.05, 4.69) is 5.32 Å². The zero-order valence-corrected chi connectivity index (χ0v) is 13.3. The van der Waals surface area contributed by atoms with Crippen LogP contribution in [0.4, 0.5) is 5.69 Å². The average molecular weight is 359 g/mol. The molecule has 7 heteroatoms. The molecule has 0 bridgehead atoms. The number of halogens is 3. The van der Waals surface area contributed by atoms with Crippen molar-refractivity contribution in [1.29, 1.82) is 0 Å². The van der Waals surface area contributed by atoms with E-state index in [1.807, 2.05) is 0 Å². The normalized spacial score (nSPS) is 10.3. The summed E-state index contributed by atoms with van der Waals surface area (Å²) in [6, 6.07) is 9.34. The van der Waals surface area contributed by atoms with Gasteiger partial charge >= 0.3 is 5.97 Å². The molecule has 0 aromatic heterocycles. The van der Waals surface area contributed by atoms with E-state index in [0.717, 1.165) is 5.56 Å². The van der Waals surface area contributed by atoms with Crippen molar-refractivity contribution in [3.05, 3.63) is 62.6 Å². The molecule has 0 aliphatic carbocycles. The predicted molar refractivity (Wildman–Crippen MR) is 87.2 cm³/mol. The maximum absolute atomic E-state index is 12.0. The van der Waals surface area contributed by atoms with Crippen LogP contribution >= 0.6 is 34.8 Å². The van der Waals surface area contributed by atoms with E-state index in [1.165, 1.54) is 12.1 Å². The van der Waals surface area contributed by atoms with Crippen molar-refractivity contribution < 1.29 is 14.7 Å². The van der Waals surface area contributed by atoms with Crippen LogP contribution in [-0.4, -0.2) is 17.0 Å². The second-order valence-corrected chi connectivity index (χ2v) is 5.72. The number of nitrogens with one attached hydrogen (secondary N) is 1. The lowest BCUT2D eigenvalue weighted by Crippen LogP contribution is -2.15. The first-order valence-electron chi connectivity index (χ1n) is 6.13. The monoisotopic (exact) mass is 357 g/mol. The van der Waals surface area contributed by atoms with E-state index in [9.17, 15) is 9.59 Å². The van der Waals surface area contributed by atoms with Crippen molar-refractivity contribution in [2.75, 3.05) is 5.32 Å². The molecule has 0 fully saturated rings. The number of carbonyl (C=O) groups is 2. The van der Waals surface area contributed by atoms with Gasteiger partial charge in [0.2, 0.25) is 5.91 Å². The molecule has 0 spiro atoms. The second-order valence-electron chi connectivity index (χ2n) is 4.47. The topological polar surface area (TPSA) is 66.4 Å². The number of benzene rings is 2. The molecule has 0 saturated carbocycles. The summed E-state index contributed by atoms with van der Waals surface area (Å²) < 4.78 is 0. The van der Waals surface area contributed by atoms with E-state index >= 15 is 0 Å². The Bertz CT molecular complexity index is 730. The maximum Gasteiger partial charge on any atom is 0.337 e. The van der Waals surface area contributed by atoms with E-state index in [1.54, 1.807) is 24.3 Å². The largest absolute Gasteiger partial charge is 0.478 e. The fraction of sp³-hybridized carbons (Fsp3) is 0.0667. The van der Waals surface area contributed by atoms with Gasteiger partial charge in [-0.25, -0.2) is 4.79 Å². The first kappa shape index (κ1) is 16.6. The maximum atomic E-state index is 12.0. The highest BCUT2D eigenvalue weighted by atomic mass is 35.5. The summed E-state index contributed by atoms with van der Waals surface area (Å²) in [5, 5.41) is 12.3. The van der Waals surface area contributed by atoms with Gasteiger partial charge in [0, 0.05) is 5.02 Å². The fourth-order valence-electron chi connectivity index (χ4n) is 1.79. The Balaban J connectivity index is 2.16. The van der Waals surface area contributed by atoms with Crippen molar-refractivity contribution in [2.45, 2.75) is 6.42 Å². The fourth-order valence-corrected chi connectivity index (χ4v) is 2.43. The molecule has 0 atom stereocenters. The molecule has 22 heavy (non-hydrogen) atoms. The van der Waals surface area contributed by atoms with Gasteiger partial charge in [0.25, 0.3) is 0 Å². The number of amides is 1. The predicted octanol–water partition coefficient (Wildman–Crippen LogP) is 4.53. The summed E-state index contributed by atoms with van der Waals surface area (Å²) in [6.45, 7) is 0. The minimum absolute atomic E-state index is 0.00759. The van der Waals surface area contributed by atoms with Gasteiger partial charge in [0.05, 0.1) is 27.7 Å². The quantitative estimate of drug-likeness (QED) is 0.844. The zero-order valence-electron chi connectivity index (χ0n) is 11.1. The Hall–Kier alpha value is -1.75. The Kier molecular flexibility index (Phi) is 5.29. The highest BCUT2D eigenvalue weighted by molar-refractivity contribution is 6.38. The van der Waals surface area contributed by atoms with Gasteiger partial charge in [-0.05, 0) is 29.8 Å². The lowest BCUT2D eigenvalue weighted by Gasteiger charge is -2.09. The van der Waals surface area contributed by atoms with E-state index in [0.29, 0.717) is 5.02 Å². The van der Waals surface area contributed by atoms with Crippen molar-refractivity contribution in [1.82, 2.24) is 0 Å². The first-order valence-corrected chi connectivity index (χ1v) is 7.27. The lowest BCUT2D eigenvalue weighted by atomic mass is 10.1. The van der Waals surface area contributed by atoms with Crippen LogP contribution in [0.3, 0.4) is 0 Å². The molecule has 0 radical (unpaired) electrons. The van der Waals surface area contributed by atoms with E-state index in [-0.39, 0.29) is 33.6 Å². The van der Waals surface area contributed by atoms with Gasteiger partial charge in [-0.3, -0.25) is 4.79 Å². The number of anilines is 1. The third-order valence-electron chi connectivity index (χ3n) is 2.84. The summed E-state index contributed by atoms with van der Waals surface area (Å²) >= 11 is 17.5. The van der Waals surface area contributed by atoms with Gasteiger partial charge in [-0.2, -0.15) is 0 Å². The molecule has 0 aliphatic heterocycles. The Morgan fingerprint density at radius 2 is 1.64 bits per heavy atom. The number of carboxylic acids is 1. The molecular weight excluding hydrogens is 349 g/mol. The molecule has 2 N–H and O–H groups in total. The number of hydrogen-bond donors (Lipinski definition) is 2. The molecule has 0 heterocycles. The number of aromatic carboxylic acids is 1. The zero-order chi connectivity index (χ0) is 16.3. The van der Waals surface area contributed by atoms with Gasteiger partial charge in [-0.1, -0.05) is 46.9 Å². The molecule has 1 amide bonds.